The second-order valence-electron chi connectivity index (χ2n) is 5.90. The molecular weight excluding hydrogens is 340 g/mol. The number of piperidine rings is 1. The van der Waals surface area contributed by atoms with Gasteiger partial charge in [0.2, 0.25) is 5.89 Å². The molecule has 10 nitrogen and oxygen atoms in total. The van der Waals surface area contributed by atoms with Crippen LogP contribution in [0.5, 0.6) is 0 Å². The molecule has 3 heterocycles. The minimum Gasteiger partial charge on any atom is -0.363 e. The molecule has 1 unspecified atom stereocenters. The van der Waals surface area contributed by atoms with Crippen LogP contribution >= 0.6 is 0 Å². The third-order valence-corrected chi connectivity index (χ3v) is 4.08. The molecule has 1 saturated heterocycles. The average molecular weight is 358 g/mol. The molecule has 10 heteroatoms. The molecule has 1 aliphatic rings. The number of hydrogen-bond acceptors (Lipinski definition) is 7. The second-order valence-corrected chi connectivity index (χ2v) is 5.90. The zero-order chi connectivity index (χ0) is 18.5. The van der Waals surface area contributed by atoms with Crippen LogP contribution in [0.1, 0.15) is 39.8 Å². The van der Waals surface area contributed by atoms with Crippen molar-refractivity contribution in [2.24, 2.45) is 11.7 Å². The van der Waals surface area contributed by atoms with E-state index in [1.165, 1.54) is 0 Å². The molecule has 3 amide bonds. The molecule has 1 atom stereocenters. The predicted octanol–water partition coefficient (Wildman–Crippen LogP) is 0.368. The highest BCUT2D eigenvalue weighted by molar-refractivity contribution is 5.96. The van der Waals surface area contributed by atoms with E-state index in [1.54, 1.807) is 29.3 Å². The van der Waals surface area contributed by atoms with E-state index in [4.69, 9.17) is 10.3 Å². The lowest BCUT2D eigenvalue weighted by molar-refractivity contribution is 0.0839. The first-order valence-electron chi connectivity index (χ1n) is 8.15. The van der Waals surface area contributed by atoms with Crippen LogP contribution in [0.25, 0.3) is 0 Å². The summed E-state index contributed by atoms with van der Waals surface area (Å²) in [6, 6.07) is 4.84. The average Bonchev–Trinajstić information content (AvgIpc) is 3.16. The van der Waals surface area contributed by atoms with Gasteiger partial charge in [-0.15, -0.1) is 0 Å². The molecule has 3 N–H and O–H groups in total. The number of aromatic nitrogens is 3. The van der Waals surface area contributed by atoms with Crippen molar-refractivity contribution in [1.82, 2.24) is 25.3 Å². The molecular formula is C16H18N6O4. The monoisotopic (exact) mass is 358 g/mol. The van der Waals surface area contributed by atoms with Crippen LogP contribution < -0.4 is 11.1 Å². The van der Waals surface area contributed by atoms with Gasteiger partial charge in [-0.3, -0.25) is 14.6 Å². The van der Waals surface area contributed by atoms with Gasteiger partial charge in [-0.25, -0.2) is 4.79 Å². The zero-order valence-electron chi connectivity index (χ0n) is 13.9. The first-order chi connectivity index (χ1) is 12.5. The summed E-state index contributed by atoms with van der Waals surface area (Å²) in [5.41, 5.74) is 5.44. The second kappa shape index (κ2) is 7.72. The van der Waals surface area contributed by atoms with E-state index in [0.29, 0.717) is 25.2 Å². The van der Waals surface area contributed by atoms with E-state index in [0.717, 1.165) is 6.42 Å². The van der Waals surface area contributed by atoms with Gasteiger partial charge in [0.1, 0.15) is 5.69 Å². The molecule has 1 fully saturated rings. The SMILES string of the molecule is NC(=O)c1noc(CNC(=O)N2CCCC(C(=O)c3ccccn3)C2)n1. The first kappa shape index (κ1) is 17.5. The fourth-order valence-corrected chi connectivity index (χ4v) is 2.78. The van der Waals surface area contributed by atoms with E-state index < -0.39 is 5.91 Å². The zero-order valence-corrected chi connectivity index (χ0v) is 13.9. The van der Waals surface area contributed by atoms with E-state index in [1.807, 2.05) is 0 Å². The summed E-state index contributed by atoms with van der Waals surface area (Å²) in [6.07, 6.45) is 3.01. The minimum atomic E-state index is -0.807. The van der Waals surface area contributed by atoms with Crippen LogP contribution in [0.3, 0.4) is 0 Å². The van der Waals surface area contributed by atoms with Gasteiger partial charge in [0, 0.05) is 25.2 Å². The van der Waals surface area contributed by atoms with Crippen LogP contribution in [-0.2, 0) is 6.54 Å². The smallest absolute Gasteiger partial charge is 0.317 e. The molecule has 0 saturated carbocycles. The van der Waals surface area contributed by atoms with Gasteiger partial charge in [-0.2, -0.15) is 4.98 Å². The number of hydrogen-bond donors (Lipinski definition) is 2. The van der Waals surface area contributed by atoms with Gasteiger partial charge in [0.25, 0.3) is 11.7 Å². The maximum atomic E-state index is 12.5. The highest BCUT2D eigenvalue weighted by Gasteiger charge is 2.29. The van der Waals surface area contributed by atoms with Crippen molar-refractivity contribution in [2.45, 2.75) is 19.4 Å². The van der Waals surface area contributed by atoms with Crippen LogP contribution in [0.2, 0.25) is 0 Å². The van der Waals surface area contributed by atoms with Gasteiger partial charge in [-0.1, -0.05) is 11.2 Å². The minimum absolute atomic E-state index is 0.0333. The molecule has 26 heavy (non-hydrogen) atoms. The van der Waals surface area contributed by atoms with Crippen molar-refractivity contribution < 1.29 is 18.9 Å². The maximum Gasteiger partial charge on any atom is 0.317 e. The van der Waals surface area contributed by atoms with E-state index >= 15 is 0 Å². The Hall–Kier alpha value is -3.30. The number of nitrogens with one attached hydrogen (secondary N) is 1. The highest BCUT2D eigenvalue weighted by atomic mass is 16.5. The number of likely N-dealkylation sites (tertiary alicyclic amines) is 1. The van der Waals surface area contributed by atoms with Crippen LogP contribution in [0.4, 0.5) is 4.79 Å². The topological polar surface area (TPSA) is 144 Å². The fourth-order valence-electron chi connectivity index (χ4n) is 2.78. The number of primary amides is 1. The highest BCUT2D eigenvalue weighted by Crippen LogP contribution is 2.20. The van der Waals surface area contributed by atoms with Crippen molar-refractivity contribution in [2.75, 3.05) is 13.1 Å². The lowest BCUT2D eigenvalue weighted by Crippen LogP contribution is -2.47. The molecule has 1 aliphatic heterocycles. The number of carbonyl (C=O) groups is 3. The number of rotatable bonds is 5. The summed E-state index contributed by atoms with van der Waals surface area (Å²) in [6.45, 7) is 0.834. The molecule has 0 aliphatic carbocycles. The van der Waals surface area contributed by atoms with Crippen molar-refractivity contribution in [3.8, 4) is 0 Å². The summed E-state index contributed by atoms with van der Waals surface area (Å²) < 4.78 is 4.82. The largest absolute Gasteiger partial charge is 0.363 e. The van der Waals surface area contributed by atoms with Crippen LogP contribution in [-0.4, -0.2) is 50.8 Å². The maximum absolute atomic E-state index is 12.5. The van der Waals surface area contributed by atoms with E-state index in [9.17, 15) is 14.4 Å². The molecule has 0 aromatic carbocycles. The normalized spacial score (nSPS) is 16.9. The Morgan fingerprint density at radius 3 is 2.88 bits per heavy atom. The number of Topliss-reactive ketones (excluding diaryl/α,β-unsaturated/α-hetero) is 1. The number of pyridine rings is 1. The van der Waals surface area contributed by atoms with Crippen LogP contribution in [0, 0.1) is 5.92 Å². The number of ketones is 1. The Labute approximate surface area is 148 Å². The first-order valence-corrected chi connectivity index (χ1v) is 8.15. The summed E-state index contributed by atoms with van der Waals surface area (Å²) in [5, 5.41) is 6.03. The van der Waals surface area contributed by atoms with Crippen molar-refractivity contribution >= 4 is 17.7 Å². The molecule has 0 radical (unpaired) electrons. The molecule has 0 spiro atoms. The van der Waals surface area contributed by atoms with Gasteiger partial charge < -0.3 is 20.5 Å². The quantitative estimate of drug-likeness (QED) is 0.734. The molecule has 136 valence electrons. The number of amides is 3. The summed E-state index contributed by atoms with van der Waals surface area (Å²) in [5.74, 6) is -1.32. The Bertz CT molecular complexity index is 806. The van der Waals surface area contributed by atoms with E-state index in [-0.39, 0.29) is 36.0 Å². The molecule has 2 aromatic rings. The van der Waals surface area contributed by atoms with Crippen molar-refractivity contribution in [3.63, 3.8) is 0 Å². The van der Waals surface area contributed by atoms with Gasteiger partial charge in [0.05, 0.1) is 6.54 Å². The lowest BCUT2D eigenvalue weighted by Gasteiger charge is -2.31. The van der Waals surface area contributed by atoms with E-state index in [2.05, 4.69) is 20.4 Å². The summed E-state index contributed by atoms with van der Waals surface area (Å²) in [7, 11) is 0. The standard InChI is InChI=1S/C16H18N6O4/c17-14(24)15-20-12(26-21-15)8-19-16(25)22-7-3-4-10(9-22)13(23)11-5-1-2-6-18-11/h1-2,5-6,10H,3-4,7-9H2,(H2,17,24)(H,19,25). The Kier molecular flexibility index (Phi) is 5.20. The summed E-state index contributed by atoms with van der Waals surface area (Å²) in [4.78, 5) is 45.2. The predicted molar refractivity (Wildman–Crippen MR) is 87.9 cm³/mol. The number of carbonyl (C=O) groups excluding carboxylic acids is 3. The Balaban J connectivity index is 1.55. The Morgan fingerprint density at radius 2 is 2.19 bits per heavy atom. The number of nitrogens with zero attached hydrogens (tertiary/aromatic N) is 4. The molecule has 0 bridgehead atoms. The fraction of sp³-hybridized carbons (Fsp3) is 0.375. The molecule has 3 rings (SSSR count). The summed E-state index contributed by atoms with van der Waals surface area (Å²) >= 11 is 0. The van der Waals surface area contributed by atoms with Gasteiger partial charge in [0.15, 0.2) is 5.78 Å². The number of urea groups is 1. The lowest BCUT2D eigenvalue weighted by atomic mass is 9.92. The van der Waals surface area contributed by atoms with Crippen molar-refractivity contribution in [3.05, 3.63) is 41.8 Å². The Morgan fingerprint density at radius 1 is 1.35 bits per heavy atom. The van der Waals surface area contributed by atoms with Gasteiger partial charge in [-0.05, 0) is 25.0 Å². The van der Waals surface area contributed by atoms with Gasteiger partial charge >= 0.3 is 6.03 Å². The van der Waals surface area contributed by atoms with Crippen LogP contribution in [0.15, 0.2) is 28.9 Å². The third-order valence-electron chi connectivity index (χ3n) is 4.08. The molecule has 2 aromatic heterocycles. The van der Waals surface area contributed by atoms with Crippen molar-refractivity contribution in [1.29, 1.82) is 0 Å². The number of nitrogens with two attached hydrogens (primary N) is 1. The third kappa shape index (κ3) is 4.02.